The number of halogens is 1. The second kappa shape index (κ2) is 6.65. The molecule has 0 atom stereocenters. The molecule has 1 saturated heterocycles. The van der Waals surface area contributed by atoms with Gasteiger partial charge in [-0.1, -0.05) is 35.8 Å². The Hall–Kier alpha value is -1.29. The van der Waals surface area contributed by atoms with E-state index in [-0.39, 0.29) is 0 Å². The van der Waals surface area contributed by atoms with E-state index >= 15 is 0 Å². The molecular formula is C17H22BrNO2. The van der Waals surface area contributed by atoms with Crippen LogP contribution in [-0.2, 0) is 4.79 Å². The minimum absolute atomic E-state index is 0.399. The molecule has 4 heteroatoms. The van der Waals surface area contributed by atoms with Crippen molar-refractivity contribution >= 4 is 33.7 Å². The molecule has 0 aliphatic carbocycles. The number of anilines is 1. The van der Waals surface area contributed by atoms with Gasteiger partial charge in [0.2, 0.25) is 0 Å². The maximum absolute atomic E-state index is 10.8. The van der Waals surface area contributed by atoms with Crippen LogP contribution in [0.25, 0.3) is 6.08 Å². The predicted octanol–water partition coefficient (Wildman–Crippen LogP) is 4.56. The van der Waals surface area contributed by atoms with Gasteiger partial charge in [-0.05, 0) is 48.4 Å². The third-order valence-corrected chi connectivity index (χ3v) is 5.17. The Morgan fingerprint density at radius 3 is 2.71 bits per heavy atom. The molecule has 0 unspecified atom stereocenters. The van der Waals surface area contributed by atoms with Gasteiger partial charge in [0, 0.05) is 29.3 Å². The fourth-order valence-electron chi connectivity index (χ4n) is 3.06. The summed E-state index contributed by atoms with van der Waals surface area (Å²) < 4.78 is 1.02. The summed E-state index contributed by atoms with van der Waals surface area (Å²) >= 11 is 3.52. The lowest BCUT2D eigenvalue weighted by Gasteiger charge is -2.28. The van der Waals surface area contributed by atoms with Crippen LogP contribution >= 0.6 is 15.9 Å². The number of hydrogen-bond acceptors (Lipinski definition) is 2. The minimum atomic E-state index is -0.915. The zero-order valence-electron chi connectivity index (χ0n) is 12.6. The molecule has 21 heavy (non-hydrogen) atoms. The van der Waals surface area contributed by atoms with Crippen molar-refractivity contribution in [2.45, 2.75) is 33.1 Å². The molecule has 1 aromatic carbocycles. The first-order valence-electron chi connectivity index (χ1n) is 7.45. The summed E-state index contributed by atoms with van der Waals surface area (Å²) in [6.07, 6.45) is 6.47. The topological polar surface area (TPSA) is 40.5 Å². The molecule has 3 nitrogen and oxygen atoms in total. The molecule has 1 aromatic rings. The summed E-state index contributed by atoms with van der Waals surface area (Å²) in [5.74, 6) is -0.915. The van der Waals surface area contributed by atoms with Gasteiger partial charge in [-0.25, -0.2) is 4.79 Å². The van der Waals surface area contributed by atoms with Crippen LogP contribution < -0.4 is 4.90 Å². The number of aliphatic carboxylic acids is 1. The molecule has 1 heterocycles. The monoisotopic (exact) mass is 351 g/mol. The van der Waals surface area contributed by atoms with Crippen molar-refractivity contribution in [2.24, 2.45) is 5.41 Å². The fourth-order valence-corrected chi connectivity index (χ4v) is 3.41. The fraction of sp³-hybridized carbons (Fsp3) is 0.471. The van der Waals surface area contributed by atoms with Crippen molar-refractivity contribution in [2.75, 3.05) is 18.0 Å². The first-order valence-corrected chi connectivity index (χ1v) is 8.24. The van der Waals surface area contributed by atoms with Crippen molar-refractivity contribution < 1.29 is 9.90 Å². The number of carbonyl (C=O) groups is 1. The minimum Gasteiger partial charge on any atom is -0.478 e. The average molecular weight is 352 g/mol. The molecule has 0 bridgehead atoms. The molecular weight excluding hydrogens is 330 g/mol. The molecule has 2 rings (SSSR count). The van der Waals surface area contributed by atoms with E-state index in [1.807, 2.05) is 12.1 Å². The third kappa shape index (κ3) is 3.67. The zero-order chi connectivity index (χ0) is 15.5. The molecule has 1 aliphatic heterocycles. The van der Waals surface area contributed by atoms with Gasteiger partial charge in [-0.2, -0.15) is 0 Å². The number of carboxylic acid groups (broad SMARTS) is 1. The number of nitrogens with zero attached hydrogens (tertiary/aromatic N) is 1. The van der Waals surface area contributed by atoms with Gasteiger partial charge in [0.15, 0.2) is 0 Å². The van der Waals surface area contributed by atoms with Crippen molar-refractivity contribution in [3.05, 3.63) is 34.3 Å². The third-order valence-electron chi connectivity index (χ3n) is 4.68. The highest BCUT2D eigenvalue weighted by atomic mass is 79.9. The predicted molar refractivity (Wildman–Crippen MR) is 90.7 cm³/mol. The van der Waals surface area contributed by atoms with Gasteiger partial charge in [0.1, 0.15) is 0 Å². The lowest BCUT2D eigenvalue weighted by Crippen LogP contribution is -2.26. The summed E-state index contributed by atoms with van der Waals surface area (Å²) in [7, 11) is 0. The van der Waals surface area contributed by atoms with Crippen LogP contribution in [0, 0.1) is 5.41 Å². The Bertz CT molecular complexity index is 550. The molecule has 0 amide bonds. The molecule has 0 saturated carbocycles. The van der Waals surface area contributed by atoms with Gasteiger partial charge in [0.05, 0.1) is 0 Å². The maximum atomic E-state index is 10.8. The van der Waals surface area contributed by atoms with Crippen molar-refractivity contribution in [1.29, 1.82) is 0 Å². The smallest absolute Gasteiger partial charge is 0.328 e. The summed E-state index contributed by atoms with van der Waals surface area (Å²) in [6, 6.07) is 6.01. The molecule has 1 aliphatic rings. The Morgan fingerprint density at radius 2 is 2.14 bits per heavy atom. The number of carboxylic acids is 1. The van der Waals surface area contributed by atoms with Crippen LogP contribution in [0.15, 0.2) is 28.7 Å². The van der Waals surface area contributed by atoms with Crippen LogP contribution in [0.2, 0.25) is 0 Å². The van der Waals surface area contributed by atoms with E-state index in [2.05, 4.69) is 40.7 Å². The van der Waals surface area contributed by atoms with Gasteiger partial charge in [0.25, 0.3) is 0 Å². The number of hydrogen-bond donors (Lipinski definition) is 1. The highest BCUT2D eigenvalue weighted by molar-refractivity contribution is 9.10. The number of rotatable bonds is 5. The molecule has 0 spiro atoms. The maximum Gasteiger partial charge on any atom is 0.328 e. The lowest BCUT2D eigenvalue weighted by atomic mass is 9.82. The van der Waals surface area contributed by atoms with E-state index in [0.29, 0.717) is 5.41 Å². The van der Waals surface area contributed by atoms with Crippen molar-refractivity contribution in [3.63, 3.8) is 0 Å². The average Bonchev–Trinajstić information content (AvgIpc) is 2.91. The summed E-state index contributed by atoms with van der Waals surface area (Å²) in [4.78, 5) is 13.1. The first kappa shape index (κ1) is 16.1. The van der Waals surface area contributed by atoms with Gasteiger partial charge < -0.3 is 10.0 Å². The van der Waals surface area contributed by atoms with Gasteiger partial charge in [-0.15, -0.1) is 0 Å². The van der Waals surface area contributed by atoms with Crippen LogP contribution in [0.3, 0.4) is 0 Å². The van der Waals surface area contributed by atoms with Gasteiger partial charge in [-0.3, -0.25) is 0 Å². The van der Waals surface area contributed by atoms with Crippen molar-refractivity contribution in [1.82, 2.24) is 0 Å². The lowest BCUT2D eigenvalue weighted by molar-refractivity contribution is -0.131. The molecule has 0 aromatic heterocycles. The summed E-state index contributed by atoms with van der Waals surface area (Å²) in [5.41, 5.74) is 2.48. The van der Waals surface area contributed by atoms with E-state index in [4.69, 9.17) is 5.11 Å². The van der Waals surface area contributed by atoms with Crippen LogP contribution in [0.1, 0.15) is 38.7 Å². The number of benzene rings is 1. The quantitative estimate of drug-likeness (QED) is 0.790. The second-order valence-electron chi connectivity index (χ2n) is 5.75. The molecule has 0 radical (unpaired) electrons. The van der Waals surface area contributed by atoms with E-state index in [9.17, 15) is 4.79 Å². The normalized spacial score (nSPS) is 17.6. The second-order valence-corrected chi connectivity index (χ2v) is 6.67. The molecule has 1 N–H and O–H groups in total. The van der Waals surface area contributed by atoms with E-state index < -0.39 is 5.97 Å². The summed E-state index contributed by atoms with van der Waals surface area (Å²) in [5, 5.41) is 8.84. The summed E-state index contributed by atoms with van der Waals surface area (Å²) in [6.45, 7) is 6.61. The Balaban J connectivity index is 2.31. The van der Waals surface area contributed by atoms with Crippen LogP contribution in [0.4, 0.5) is 5.69 Å². The van der Waals surface area contributed by atoms with Gasteiger partial charge >= 0.3 is 5.97 Å². The van der Waals surface area contributed by atoms with E-state index in [1.54, 1.807) is 6.08 Å². The van der Waals surface area contributed by atoms with Crippen LogP contribution in [0.5, 0.6) is 0 Å². The Kier molecular flexibility index (Phi) is 5.09. The highest BCUT2D eigenvalue weighted by Crippen LogP contribution is 2.40. The van der Waals surface area contributed by atoms with Crippen LogP contribution in [-0.4, -0.2) is 24.2 Å². The van der Waals surface area contributed by atoms with Crippen molar-refractivity contribution in [3.8, 4) is 0 Å². The molecule has 1 fully saturated rings. The zero-order valence-corrected chi connectivity index (χ0v) is 14.2. The Labute approximate surface area is 134 Å². The van der Waals surface area contributed by atoms with E-state index in [0.717, 1.165) is 28.8 Å². The largest absolute Gasteiger partial charge is 0.478 e. The molecule has 114 valence electrons. The van der Waals surface area contributed by atoms with E-state index in [1.165, 1.54) is 25.3 Å². The Morgan fingerprint density at radius 1 is 1.43 bits per heavy atom. The standard InChI is InChI=1S/C17H22BrNO2/c1-3-17(4-2)9-10-19(12-17)15-11-14(18)7-5-13(15)6-8-16(20)21/h5-8,11H,3-4,9-10,12H2,1-2H3,(H,20,21)/b8-6+. The highest BCUT2D eigenvalue weighted by Gasteiger charge is 2.35. The SMILES string of the molecule is CCC1(CC)CCN(c2cc(Br)ccc2/C=C/C(=O)O)C1. The first-order chi connectivity index (χ1) is 9.99.